The summed E-state index contributed by atoms with van der Waals surface area (Å²) in [5.74, 6) is 1.15. The van der Waals surface area contributed by atoms with Crippen molar-refractivity contribution in [2.75, 3.05) is 19.6 Å². The number of hydrogen-bond acceptors (Lipinski definition) is 2. The minimum Gasteiger partial charge on any atom is -0.341 e. The van der Waals surface area contributed by atoms with E-state index in [2.05, 4.69) is 17.1 Å². The van der Waals surface area contributed by atoms with Crippen LogP contribution in [0.1, 0.15) is 45.4 Å². The molecule has 0 radical (unpaired) electrons. The van der Waals surface area contributed by atoms with Crippen molar-refractivity contribution in [2.45, 2.75) is 51.5 Å². The molecule has 0 aliphatic carbocycles. The number of likely N-dealkylation sites (tertiary alicyclic amines) is 1. The highest BCUT2D eigenvalue weighted by atomic mass is 16.2. The molecule has 0 aromatic rings. The van der Waals surface area contributed by atoms with Crippen molar-refractivity contribution >= 4 is 5.91 Å². The van der Waals surface area contributed by atoms with E-state index in [0.717, 1.165) is 38.4 Å². The van der Waals surface area contributed by atoms with E-state index in [1.807, 2.05) is 0 Å². The molecule has 2 saturated heterocycles. The molecule has 1 unspecified atom stereocenters. The average molecular weight is 224 g/mol. The van der Waals surface area contributed by atoms with Gasteiger partial charge in [-0.3, -0.25) is 4.79 Å². The Bertz CT molecular complexity index is 236. The van der Waals surface area contributed by atoms with E-state index in [-0.39, 0.29) is 0 Å². The molecule has 3 heteroatoms. The van der Waals surface area contributed by atoms with E-state index < -0.39 is 0 Å². The van der Waals surface area contributed by atoms with Gasteiger partial charge in [-0.1, -0.05) is 13.3 Å². The van der Waals surface area contributed by atoms with Gasteiger partial charge in [0.1, 0.15) is 0 Å². The van der Waals surface area contributed by atoms with Crippen LogP contribution in [-0.2, 0) is 4.79 Å². The molecule has 3 nitrogen and oxygen atoms in total. The fourth-order valence-electron chi connectivity index (χ4n) is 2.87. The second kappa shape index (κ2) is 5.67. The lowest BCUT2D eigenvalue weighted by Crippen LogP contribution is -2.40. The van der Waals surface area contributed by atoms with Gasteiger partial charge < -0.3 is 10.2 Å². The van der Waals surface area contributed by atoms with Crippen LogP contribution in [0.15, 0.2) is 0 Å². The molecule has 0 aromatic heterocycles. The first-order valence-electron chi connectivity index (χ1n) is 6.80. The van der Waals surface area contributed by atoms with Gasteiger partial charge >= 0.3 is 0 Å². The Balaban J connectivity index is 1.85. The van der Waals surface area contributed by atoms with Crippen LogP contribution in [0.4, 0.5) is 0 Å². The van der Waals surface area contributed by atoms with Crippen LogP contribution in [-0.4, -0.2) is 36.5 Å². The molecule has 2 atom stereocenters. The summed E-state index contributed by atoms with van der Waals surface area (Å²) in [6, 6.07) is 0.558. The van der Waals surface area contributed by atoms with E-state index in [1.165, 1.54) is 25.7 Å². The Morgan fingerprint density at radius 3 is 2.94 bits per heavy atom. The van der Waals surface area contributed by atoms with Crippen LogP contribution in [0.2, 0.25) is 0 Å². The third-order valence-corrected chi connectivity index (χ3v) is 4.11. The summed E-state index contributed by atoms with van der Waals surface area (Å²) in [5.41, 5.74) is 0. The van der Waals surface area contributed by atoms with E-state index in [0.29, 0.717) is 11.9 Å². The van der Waals surface area contributed by atoms with Gasteiger partial charge in [0.05, 0.1) is 0 Å². The Labute approximate surface area is 98.6 Å². The third kappa shape index (κ3) is 2.97. The van der Waals surface area contributed by atoms with Crippen molar-refractivity contribution in [2.24, 2.45) is 5.92 Å². The second-order valence-electron chi connectivity index (χ2n) is 5.23. The maximum absolute atomic E-state index is 12.0. The van der Waals surface area contributed by atoms with Crippen LogP contribution < -0.4 is 5.32 Å². The summed E-state index contributed by atoms with van der Waals surface area (Å²) < 4.78 is 0. The third-order valence-electron chi connectivity index (χ3n) is 4.11. The second-order valence-corrected chi connectivity index (χ2v) is 5.23. The number of hydrogen-bond donors (Lipinski definition) is 1. The van der Waals surface area contributed by atoms with Crippen LogP contribution >= 0.6 is 0 Å². The van der Waals surface area contributed by atoms with Gasteiger partial charge in [-0.2, -0.15) is 0 Å². The fraction of sp³-hybridized carbons (Fsp3) is 0.923. The minimum absolute atomic E-state index is 0.379. The Morgan fingerprint density at radius 1 is 1.38 bits per heavy atom. The summed E-state index contributed by atoms with van der Waals surface area (Å²) >= 11 is 0. The lowest BCUT2D eigenvalue weighted by atomic mass is 9.98. The molecule has 16 heavy (non-hydrogen) atoms. The van der Waals surface area contributed by atoms with Gasteiger partial charge in [-0.15, -0.1) is 0 Å². The lowest BCUT2D eigenvalue weighted by Gasteiger charge is -2.24. The number of amides is 1. The molecule has 1 N–H and O–H groups in total. The molecule has 2 fully saturated rings. The van der Waals surface area contributed by atoms with Crippen molar-refractivity contribution in [3.63, 3.8) is 0 Å². The predicted octanol–water partition coefficient (Wildman–Crippen LogP) is 1.78. The molecular formula is C13H24N2O. The van der Waals surface area contributed by atoms with Gasteiger partial charge in [-0.25, -0.2) is 0 Å². The van der Waals surface area contributed by atoms with Gasteiger partial charge in [0.2, 0.25) is 5.91 Å². The van der Waals surface area contributed by atoms with E-state index >= 15 is 0 Å². The van der Waals surface area contributed by atoms with Crippen molar-refractivity contribution in [1.82, 2.24) is 10.2 Å². The Kier molecular flexibility index (Phi) is 4.22. The highest BCUT2D eigenvalue weighted by Gasteiger charge is 2.24. The smallest absolute Gasteiger partial charge is 0.222 e. The SMILES string of the molecule is CCC1CCC(=O)N(C[C@H]2CCCN2)CC1. The highest BCUT2D eigenvalue weighted by molar-refractivity contribution is 5.76. The molecule has 0 bridgehead atoms. The van der Waals surface area contributed by atoms with Crippen LogP contribution in [0, 0.1) is 5.92 Å². The van der Waals surface area contributed by atoms with Gasteiger partial charge in [-0.05, 0) is 38.1 Å². The summed E-state index contributed by atoms with van der Waals surface area (Å²) in [4.78, 5) is 14.1. The molecule has 2 heterocycles. The maximum Gasteiger partial charge on any atom is 0.222 e. The van der Waals surface area contributed by atoms with E-state index in [9.17, 15) is 4.79 Å². The minimum atomic E-state index is 0.379. The number of nitrogens with one attached hydrogen (secondary N) is 1. The monoisotopic (exact) mass is 224 g/mol. The number of nitrogens with zero attached hydrogens (tertiary/aromatic N) is 1. The van der Waals surface area contributed by atoms with Crippen molar-refractivity contribution in [3.8, 4) is 0 Å². The first-order valence-corrected chi connectivity index (χ1v) is 6.80. The number of carbonyl (C=O) groups is 1. The topological polar surface area (TPSA) is 32.3 Å². The zero-order valence-electron chi connectivity index (χ0n) is 10.4. The maximum atomic E-state index is 12.0. The molecule has 2 aliphatic rings. The number of carbonyl (C=O) groups excluding carboxylic acids is 1. The van der Waals surface area contributed by atoms with Gasteiger partial charge in [0.25, 0.3) is 0 Å². The standard InChI is InChI=1S/C13H24N2O/c1-2-11-5-6-13(16)15(9-7-11)10-12-4-3-8-14-12/h11-12,14H,2-10H2,1H3/t11?,12-/m1/s1. The molecule has 0 spiro atoms. The zero-order chi connectivity index (χ0) is 11.4. The summed E-state index contributed by atoms with van der Waals surface area (Å²) in [6.07, 6.45) is 6.80. The lowest BCUT2D eigenvalue weighted by molar-refractivity contribution is -0.131. The predicted molar refractivity (Wildman–Crippen MR) is 65.2 cm³/mol. The van der Waals surface area contributed by atoms with E-state index in [1.54, 1.807) is 0 Å². The Hall–Kier alpha value is -0.570. The number of rotatable bonds is 3. The van der Waals surface area contributed by atoms with Gasteiger partial charge in [0.15, 0.2) is 0 Å². The average Bonchev–Trinajstić information content (AvgIpc) is 2.73. The molecule has 2 aliphatic heterocycles. The first-order chi connectivity index (χ1) is 7.79. The Morgan fingerprint density at radius 2 is 2.25 bits per heavy atom. The molecular weight excluding hydrogens is 200 g/mol. The molecule has 1 amide bonds. The van der Waals surface area contributed by atoms with Crippen molar-refractivity contribution in [1.29, 1.82) is 0 Å². The van der Waals surface area contributed by atoms with Crippen LogP contribution in [0.5, 0.6) is 0 Å². The van der Waals surface area contributed by atoms with E-state index in [4.69, 9.17) is 0 Å². The van der Waals surface area contributed by atoms with Crippen molar-refractivity contribution in [3.05, 3.63) is 0 Å². The largest absolute Gasteiger partial charge is 0.341 e. The quantitative estimate of drug-likeness (QED) is 0.792. The molecule has 92 valence electrons. The van der Waals surface area contributed by atoms with Crippen LogP contribution in [0.25, 0.3) is 0 Å². The van der Waals surface area contributed by atoms with Gasteiger partial charge in [0, 0.05) is 25.6 Å². The molecule has 0 saturated carbocycles. The fourth-order valence-corrected chi connectivity index (χ4v) is 2.87. The summed E-state index contributed by atoms with van der Waals surface area (Å²) in [6.45, 7) is 5.29. The summed E-state index contributed by atoms with van der Waals surface area (Å²) in [5, 5.41) is 3.48. The zero-order valence-corrected chi connectivity index (χ0v) is 10.4. The van der Waals surface area contributed by atoms with Crippen molar-refractivity contribution < 1.29 is 4.79 Å². The molecule has 0 aromatic carbocycles. The van der Waals surface area contributed by atoms with Crippen LogP contribution in [0.3, 0.4) is 0 Å². The highest BCUT2D eigenvalue weighted by Crippen LogP contribution is 2.21. The first kappa shape index (κ1) is 11.9. The normalized spacial score (nSPS) is 31.8. The molecule has 2 rings (SSSR count). The summed E-state index contributed by atoms with van der Waals surface area (Å²) in [7, 11) is 0.